The fourth-order valence-corrected chi connectivity index (χ4v) is 6.73. The summed E-state index contributed by atoms with van der Waals surface area (Å²) >= 11 is 0. The number of carbonyl (C=O) groups excluding carboxylic acids is 1. The van der Waals surface area contributed by atoms with Crippen LogP contribution in [0.2, 0.25) is 0 Å². The number of benzene rings is 1. The van der Waals surface area contributed by atoms with Crippen LogP contribution in [0.1, 0.15) is 44.4 Å². The van der Waals surface area contributed by atoms with Gasteiger partial charge in [0.05, 0.1) is 30.5 Å². The molecule has 2 aliphatic heterocycles. The molecule has 1 atom stereocenters. The Labute approximate surface area is 242 Å². The van der Waals surface area contributed by atoms with Crippen molar-refractivity contribution in [2.24, 2.45) is 0 Å². The largest absolute Gasteiger partial charge is 0.474 e. The van der Waals surface area contributed by atoms with Crippen LogP contribution in [0.25, 0.3) is 16.9 Å². The van der Waals surface area contributed by atoms with E-state index < -0.39 is 28.3 Å². The molecular weight excluding hydrogens is 572 g/mol. The van der Waals surface area contributed by atoms with Crippen molar-refractivity contribution in [3.05, 3.63) is 36.2 Å². The predicted molar refractivity (Wildman–Crippen MR) is 149 cm³/mol. The molecule has 0 spiro atoms. The zero-order valence-electron chi connectivity index (χ0n) is 23.2. The summed E-state index contributed by atoms with van der Waals surface area (Å²) in [6.45, 7) is 2.62. The number of halogens is 2. The first-order valence-electron chi connectivity index (χ1n) is 14.1. The predicted octanol–water partition coefficient (Wildman–Crippen LogP) is 2.43. The fraction of sp³-hybridized carbons (Fsp3) is 0.556. The smallest absolute Gasteiger partial charge is 0.296 e. The fourth-order valence-electron chi connectivity index (χ4n) is 5.99. The van der Waals surface area contributed by atoms with E-state index in [-0.39, 0.29) is 29.8 Å². The van der Waals surface area contributed by atoms with E-state index in [1.807, 2.05) is 4.90 Å². The van der Waals surface area contributed by atoms with Crippen LogP contribution in [0, 0.1) is 0 Å². The van der Waals surface area contributed by atoms with Crippen LogP contribution in [0.15, 0.2) is 30.3 Å². The van der Waals surface area contributed by atoms with Crippen molar-refractivity contribution in [2.45, 2.75) is 56.7 Å². The summed E-state index contributed by atoms with van der Waals surface area (Å²) in [6.07, 6.45) is 1.17. The van der Waals surface area contributed by atoms with E-state index in [1.165, 1.54) is 4.57 Å². The standard InChI is InChI=1S/C27H33F2N7O5S/c1-42(38,39)33-20-10-11-35(26(20)37)17-6-8-18(9-7-17)41-23-16-22(31-27(32-23)34-12-14-40-15-13-34)36-21-5-3-2-4-19(21)30-25(36)24(28)29/h2-5,16-18,20,24,33H,6-15H2,1H3/t17?,18?,20-/m0/s1. The lowest BCUT2D eigenvalue weighted by atomic mass is 9.92. The Bertz CT molecular complexity index is 1560. The van der Waals surface area contributed by atoms with Crippen LogP contribution in [-0.4, -0.2) is 96.0 Å². The number of ether oxygens (including phenoxy) is 2. The SMILES string of the molecule is CS(=O)(=O)N[C@H]1CCN(C2CCC(Oc3cc(-n4c(C(F)F)nc5ccccc54)nc(N4CCOCC4)n3)CC2)C1=O. The lowest BCUT2D eigenvalue weighted by Gasteiger charge is -2.35. The second-order valence-electron chi connectivity index (χ2n) is 10.9. The summed E-state index contributed by atoms with van der Waals surface area (Å²) in [6, 6.07) is 7.77. The minimum absolute atomic E-state index is 0.000468. The van der Waals surface area contributed by atoms with Crippen molar-refractivity contribution in [2.75, 3.05) is 44.0 Å². The highest BCUT2D eigenvalue weighted by Crippen LogP contribution is 2.32. The van der Waals surface area contributed by atoms with Gasteiger partial charge >= 0.3 is 0 Å². The molecule has 2 saturated heterocycles. The van der Waals surface area contributed by atoms with E-state index >= 15 is 0 Å². The highest BCUT2D eigenvalue weighted by Gasteiger charge is 2.39. The molecule has 1 N–H and O–H groups in total. The Kier molecular flexibility index (Phi) is 7.98. The third kappa shape index (κ3) is 6.03. The Morgan fingerprint density at radius 2 is 1.76 bits per heavy atom. The van der Waals surface area contributed by atoms with Crippen LogP contribution in [0.4, 0.5) is 14.7 Å². The van der Waals surface area contributed by atoms with Crippen molar-refractivity contribution in [1.82, 2.24) is 29.1 Å². The summed E-state index contributed by atoms with van der Waals surface area (Å²) in [5.41, 5.74) is 0.940. The van der Waals surface area contributed by atoms with Crippen molar-refractivity contribution >= 4 is 32.9 Å². The maximum Gasteiger partial charge on any atom is 0.296 e. The minimum atomic E-state index is -3.48. The number of alkyl halides is 2. The molecule has 1 amide bonds. The highest BCUT2D eigenvalue weighted by molar-refractivity contribution is 7.88. The monoisotopic (exact) mass is 605 g/mol. The Morgan fingerprint density at radius 1 is 1.02 bits per heavy atom. The van der Waals surface area contributed by atoms with Gasteiger partial charge in [-0.2, -0.15) is 9.97 Å². The molecule has 1 aliphatic carbocycles. The van der Waals surface area contributed by atoms with E-state index in [9.17, 15) is 22.0 Å². The zero-order valence-corrected chi connectivity index (χ0v) is 24.0. The number of nitrogens with one attached hydrogen (secondary N) is 1. The van der Waals surface area contributed by atoms with Gasteiger partial charge in [-0.05, 0) is 44.2 Å². The second kappa shape index (κ2) is 11.7. The van der Waals surface area contributed by atoms with Crippen LogP contribution in [0.3, 0.4) is 0 Å². The number of fused-ring (bicyclic) bond motifs is 1. The lowest BCUT2D eigenvalue weighted by Crippen LogP contribution is -2.46. The molecular formula is C27H33F2N7O5S. The number of likely N-dealkylation sites (tertiary alicyclic amines) is 1. The van der Waals surface area contributed by atoms with Gasteiger partial charge in [0.2, 0.25) is 27.8 Å². The quantitative estimate of drug-likeness (QED) is 0.411. The van der Waals surface area contributed by atoms with Gasteiger partial charge < -0.3 is 19.3 Å². The molecule has 42 heavy (non-hydrogen) atoms. The first kappa shape index (κ1) is 28.7. The van der Waals surface area contributed by atoms with Crippen LogP contribution >= 0.6 is 0 Å². The molecule has 3 aliphatic rings. The van der Waals surface area contributed by atoms with Gasteiger partial charge in [-0.15, -0.1) is 0 Å². The summed E-state index contributed by atoms with van der Waals surface area (Å²) < 4.78 is 67.1. The van der Waals surface area contributed by atoms with Crippen molar-refractivity contribution < 1.29 is 31.5 Å². The number of sulfonamides is 1. The highest BCUT2D eigenvalue weighted by atomic mass is 32.2. The Morgan fingerprint density at radius 3 is 2.48 bits per heavy atom. The number of carbonyl (C=O) groups is 1. The number of nitrogens with zero attached hydrogens (tertiary/aromatic N) is 6. The number of anilines is 1. The molecule has 4 heterocycles. The van der Waals surface area contributed by atoms with E-state index in [1.54, 1.807) is 35.2 Å². The number of rotatable bonds is 8. The van der Waals surface area contributed by atoms with Crippen LogP contribution < -0.4 is 14.4 Å². The molecule has 0 radical (unpaired) electrons. The van der Waals surface area contributed by atoms with Gasteiger partial charge in [0.25, 0.3) is 6.43 Å². The molecule has 1 saturated carbocycles. The van der Waals surface area contributed by atoms with Crippen LogP contribution in [0.5, 0.6) is 5.88 Å². The van der Waals surface area contributed by atoms with Gasteiger partial charge in [-0.3, -0.25) is 9.36 Å². The van der Waals surface area contributed by atoms with E-state index in [0.29, 0.717) is 81.9 Å². The van der Waals surface area contributed by atoms with Gasteiger partial charge in [0.15, 0.2) is 5.82 Å². The van der Waals surface area contributed by atoms with Crippen molar-refractivity contribution in [1.29, 1.82) is 0 Å². The van der Waals surface area contributed by atoms with Crippen molar-refractivity contribution in [3.8, 4) is 11.7 Å². The number of aromatic nitrogens is 4. The average molecular weight is 606 g/mol. The molecule has 2 aromatic heterocycles. The minimum Gasteiger partial charge on any atom is -0.474 e. The summed E-state index contributed by atoms with van der Waals surface area (Å²) in [5, 5.41) is 0. The molecule has 0 bridgehead atoms. The van der Waals surface area contributed by atoms with E-state index in [2.05, 4.69) is 19.7 Å². The molecule has 3 fully saturated rings. The zero-order chi connectivity index (χ0) is 29.4. The third-order valence-electron chi connectivity index (χ3n) is 7.95. The molecule has 6 rings (SSSR count). The Hall–Kier alpha value is -3.43. The summed E-state index contributed by atoms with van der Waals surface area (Å²) in [7, 11) is -3.48. The third-order valence-corrected chi connectivity index (χ3v) is 8.66. The first-order valence-corrected chi connectivity index (χ1v) is 16.0. The number of para-hydroxylation sites is 2. The molecule has 15 heteroatoms. The topological polar surface area (TPSA) is 132 Å². The van der Waals surface area contributed by atoms with E-state index in [4.69, 9.17) is 9.47 Å². The summed E-state index contributed by atoms with van der Waals surface area (Å²) in [4.78, 5) is 30.0. The van der Waals surface area contributed by atoms with E-state index in [0.717, 1.165) is 6.26 Å². The number of morpholine rings is 1. The number of hydrogen-bond acceptors (Lipinski definition) is 9. The van der Waals surface area contributed by atoms with Crippen molar-refractivity contribution in [3.63, 3.8) is 0 Å². The van der Waals surface area contributed by atoms with Gasteiger partial charge in [0.1, 0.15) is 18.0 Å². The lowest BCUT2D eigenvalue weighted by molar-refractivity contribution is -0.131. The number of hydrogen-bond donors (Lipinski definition) is 1. The molecule has 226 valence electrons. The van der Waals surface area contributed by atoms with Gasteiger partial charge in [-0.1, -0.05) is 12.1 Å². The second-order valence-corrected chi connectivity index (χ2v) is 12.6. The van der Waals surface area contributed by atoms with Crippen LogP contribution in [-0.2, 0) is 19.6 Å². The maximum atomic E-state index is 14.1. The summed E-state index contributed by atoms with van der Waals surface area (Å²) in [5.74, 6) is 0.282. The first-order chi connectivity index (χ1) is 20.2. The normalized spacial score (nSPS) is 23.7. The molecule has 1 aromatic carbocycles. The number of imidazole rings is 1. The molecule has 3 aromatic rings. The van der Waals surface area contributed by atoms with Gasteiger partial charge in [-0.25, -0.2) is 26.9 Å². The molecule has 12 nitrogen and oxygen atoms in total. The Balaban J connectivity index is 1.23. The molecule has 0 unspecified atom stereocenters. The van der Waals surface area contributed by atoms with Gasteiger partial charge in [0, 0.05) is 31.7 Å². The number of amides is 1. The average Bonchev–Trinajstić information content (AvgIpc) is 3.54. The maximum absolute atomic E-state index is 14.1.